The molecule has 0 aromatic heterocycles. The minimum Gasteiger partial charge on any atom is -0.445 e. The lowest BCUT2D eigenvalue weighted by molar-refractivity contribution is -0.131. The first-order valence-electron chi connectivity index (χ1n) is 12.1. The van der Waals surface area contributed by atoms with E-state index in [-0.39, 0.29) is 43.0 Å². The molecule has 202 valence electrons. The number of amides is 4. The highest BCUT2D eigenvalue weighted by Gasteiger charge is 2.24. The monoisotopic (exact) mass is 507 g/mol. The van der Waals surface area contributed by atoms with Crippen LogP contribution in [0.25, 0.3) is 0 Å². The van der Waals surface area contributed by atoms with Crippen molar-refractivity contribution in [1.82, 2.24) is 10.6 Å². The van der Waals surface area contributed by atoms with Crippen molar-refractivity contribution in [3.63, 3.8) is 0 Å². The summed E-state index contributed by atoms with van der Waals surface area (Å²) in [7, 11) is 0. The van der Waals surface area contributed by atoms with Crippen LogP contribution in [0.1, 0.15) is 59.4 Å². The average molecular weight is 508 g/mol. The van der Waals surface area contributed by atoms with Crippen LogP contribution >= 0.6 is 0 Å². The lowest BCUT2D eigenvalue weighted by Gasteiger charge is -2.22. The minimum atomic E-state index is -0.870. The predicted octanol–water partition coefficient (Wildman–Crippen LogP) is 1.79. The molecular weight excluding hydrogens is 466 g/mol. The second-order valence-corrected chi connectivity index (χ2v) is 9.82. The van der Waals surface area contributed by atoms with Gasteiger partial charge in [0.25, 0.3) is 0 Å². The van der Waals surface area contributed by atoms with Crippen molar-refractivity contribution in [2.75, 3.05) is 18.5 Å². The van der Waals surface area contributed by atoms with E-state index in [2.05, 4.69) is 16.0 Å². The fourth-order valence-corrected chi connectivity index (χ4v) is 3.04. The number of hydrogen-bond acceptors (Lipinski definition) is 7. The zero-order valence-corrected chi connectivity index (χ0v) is 21.9. The summed E-state index contributed by atoms with van der Waals surface area (Å²) in [6.45, 7) is 9.66. The first-order valence-corrected chi connectivity index (χ1v) is 12.1. The van der Waals surface area contributed by atoms with Gasteiger partial charge < -0.3 is 36.9 Å². The van der Waals surface area contributed by atoms with Gasteiger partial charge in [0.1, 0.15) is 12.6 Å². The Kier molecular flexibility index (Phi) is 12.9. The number of carbonyl (C=O) groups excluding carboxylic acids is 4. The molecule has 1 aromatic carbocycles. The Morgan fingerprint density at radius 3 is 2.22 bits per heavy atom. The number of primary amides is 1. The second kappa shape index (κ2) is 15.0. The van der Waals surface area contributed by atoms with Crippen LogP contribution in [0.4, 0.5) is 10.5 Å². The normalized spacial score (nSPS) is 13.0. The molecule has 36 heavy (non-hydrogen) atoms. The van der Waals surface area contributed by atoms with Gasteiger partial charge in [0.15, 0.2) is 0 Å². The third kappa shape index (κ3) is 13.6. The molecule has 7 N–H and O–H groups in total. The summed E-state index contributed by atoms with van der Waals surface area (Å²) in [5, 5.41) is 7.98. The van der Waals surface area contributed by atoms with Gasteiger partial charge in [-0.2, -0.15) is 0 Å². The molecule has 0 aliphatic heterocycles. The maximum Gasteiger partial charge on any atom is 0.404 e. The average Bonchev–Trinajstić information content (AvgIpc) is 2.78. The Hall–Kier alpha value is -3.18. The molecule has 0 aliphatic rings. The highest BCUT2D eigenvalue weighted by molar-refractivity contribution is 5.96. The molecule has 0 spiro atoms. The van der Waals surface area contributed by atoms with Gasteiger partial charge >= 0.3 is 6.09 Å². The SMILES string of the molecule is CC(CCC(=O)NC(C(=O)NCC(=O)Nc1ccc(COC(N)=O)cc1)C(C)C)OCCC(C)(C)N. The first kappa shape index (κ1) is 30.9. The van der Waals surface area contributed by atoms with E-state index >= 15 is 0 Å². The smallest absolute Gasteiger partial charge is 0.404 e. The fourth-order valence-electron chi connectivity index (χ4n) is 3.04. The molecule has 0 saturated carbocycles. The van der Waals surface area contributed by atoms with Crippen LogP contribution in [0.2, 0.25) is 0 Å². The van der Waals surface area contributed by atoms with E-state index in [0.717, 1.165) is 0 Å². The van der Waals surface area contributed by atoms with E-state index in [4.69, 9.17) is 20.9 Å². The number of carbonyl (C=O) groups is 4. The van der Waals surface area contributed by atoms with Crippen LogP contribution < -0.4 is 27.4 Å². The van der Waals surface area contributed by atoms with E-state index in [1.165, 1.54) is 0 Å². The number of benzene rings is 1. The third-order valence-corrected chi connectivity index (χ3v) is 5.23. The molecule has 0 heterocycles. The van der Waals surface area contributed by atoms with Crippen molar-refractivity contribution >= 4 is 29.5 Å². The summed E-state index contributed by atoms with van der Waals surface area (Å²) in [5.74, 6) is -1.30. The van der Waals surface area contributed by atoms with E-state index in [9.17, 15) is 19.2 Å². The quantitative estimate of drug-likeness (QED) is 0.240. The molecule has 0 fully saturated rings. The molecule has 2 atom stereocenters. The molecule has 0 aliphatic carbocycles. The Bertz CT molecular complexity index is 867. The van der Waals surface area contributed by atoms with Gasteiger partial charge in [0.05, 0.1) is 12.6 Å². The summed E-state index contributed by atoms with van der Waals surface area (Å²) >= 11 is 0. The van der Waals surface area contributed by atoms with Gasteiger partial charge in [0, 0.05) is 24.3 Å². The van der Waals surface area contributed by atoms with E-state index in [0.29, 0.717) is 30.7 Å². The van der Waals surface area contributed by atoms with Gasteiger partial charge in [0.2, 0.25) is 17.7 Å². The van der Waals surface area contributed by atoms with Crippen LogP contribution in [-0.4, -0.2) is 54.7 Å². The van der Waals surface area contributed by atoms with Crippen LogP contribution in [0, 0.1) is 5.92 Å². The largest absolute Gasteiger partial charge is 0.445 e. The van der Waals surface area contributed by atoms with Crippen LogP contribution in [0.5, 0.6) is 0 Å². The highest BCUT2D eigenvalue weighted by atomic mass is 16.5. The zero-order chi connectivity index (χ0) is 27.3. The summed E-state index contributed by atoms with van der Waals surface area (Å²) in [4.78, 5) is 47.9. The predicted molar refractivity (Wildman–Crippen MR) is 137 cm³/mol. The molecule has 11 nitrogen and oxygen atoms in total. The second-order valence-electron chi connectivity index (χ2n) is 9.82. The summed E-state index contributed by atoms with van der Waals surface area (Å²) < 4.78 is 10.4. The molecule has 0 bridgehead atoms. The summed E-state index contributed by atoms with van der Waals surface area (Å²) in [6, 6.07) is 5.85. The Morgan fingerprint density at radius 1 is 1.03 bits per heavy atom. The van der Waals surface area contributed by atoms with Crippen molar-refractivity contribution in [1.29, 1.82) is 0 Å². The Balaban J connectivity index is 2.44. The number of rotatable bonds is 15. The van der Waals surface area contributed by atoms with Crippen molar-refractivity contribution in [3.8, 4) is 0 Å². The minimum absolute atomic E-state index is 0.0283. The van der Waals surface area contributed by atoms with Crippen molar-refractivity contribution < 1.29 is 28.7 Å². The molecule has 1 aromatic rings. The Morgan fingerprint density at radius 2 is 1.67 bits per heavy atom. The number of hydrogen-bond donors (Lipinski definition) is 5. The number of nitrogens with one attached hydrogen (secondary N) is 3. The van der Waals surface area contributed by atoms with E-state index < -0.39 is 23.9 Å². The molecular formula is C25H41N5O6. The molecule has 0 saturated heterocycles. The third-order valence-electron chi connectivity index (χ3n) is 5.23. The number of anilines is 1. The van der Waals surface area contributed by atoms with Crippen LogP contribution in [0.3, 0.4) is 0 Å². The molecule has 0 radical (unpaired) electrons. The maximum atomic E-state index is 12.6. The van der Waals surface area contributed by atoms with Crippen molar-refractivity contribution in [2.45, 2.75) is 78.2 Å². The van der Waals surface area contributed by atoms with Crippen molar-refractivity contribution in [2.24, 2.45) is 17.4 Å². The zero-order valence-electron chi connectivity index (χ0n) is 21.9. The first-order chi connectivity index (χ1) is 16.8. The lowest BCUT2D eigenvalue weighted by atomic mass is 10.0. The van der Waals surface area contributed by atoms with Crippen LogP contribution in [-0.2, 0) is 30.5 Å². The summed E-state index contributed by atoms with van der Waals surface area (Å²) in [5.41, 5.74) is 11.8. The van der Waals surface area contributed by atoms with Gasteiger partial charge in [-0.1, -0.05) is 26.0 Å². The Labute approximate surface area is 213 Å². The molecule has 4 amide bonds. The van der Waals surface area contributed by atoms with E-state index in [1.807, 2.05) is 34.6 Å². The van der Waals surface area contributed by atoms with Crippen LogP contribution in [0.15, 0.2) is 24.3 Å². The topological polar surface area (TPSA) is 175 Å². The van der Waals surface area contributed by atoms with Gasteiger partial charge in [-0.05, 0) is 57.2 Å². The van der Waals surface area contributed by atoms with E-state index in [1.54, 1.807) is 24.3 Å². The molecule has 1 rings (SSSR count). The lowest BCUT2D eigenvalue weighted by Crippen LogP contribution is -2.51. The van der Waals surface area contributed by atoms with Crippen molar-refractivity contribution in [3.05, 3.63) is 29.8 Å². The standard InChI is InChI=1S/C25H41N5O6/c1-16(2)22(30-20(31)11-6-17(3)35-13-12-25(4,5)27)23(33)28-14-21(32)29-19-9-7-18(8-10-19)15-36-24(26)34/h7-10,16-17,22H,6,11-15,27H2,1-5H3,(H2,26,34)(H,28,33)(H,29,32)(H,30,31). The maximum absolute atomic E-state index is 12.6. The highest BCUT2D eigenvalue weighted by Crippen LogP contribution is 2.11. The van der Waals surface area contributed by atoms with Gasteiger partial charge in [-0.3, -0.25) is 14.4 Å². The fraction of sp³-hybridized carbons (Fsp3) is 0.600. The van der Waals surface area contributed by atoms with Gasteiger partial charge in [-0.25, -0.2) is 4.79 Å². The molecule has 11 heteroatoms. The van der Waals surface area contributed by atoms with Gasteiger partial charge in [-0.15, -0.1) is 0 Å². The summed E-state index contributed by atoms with van der Waals surface area (Å²) in [6.07, 6.45) is 0.455. The number of nitrogens with two attached hydrogens (primary N) is 2. The molecule has 2 unspecified atom stereocenters. The number of ether oxygens (including phenoxy) is 2.